The van der Waals surface area contributed by atoms with E-state index in [0.29, 0.717) is 44.9 Å². The molecule has 2 aliphatic heterocycles. The zero-order valence-electron chi connectivity index (χ0n) is 22.6. The molecule has 5 rings (SSSR count). The standard InChI is InChI=1S/C28H33F4N5O3/c1-18-11-23(29)24(34-27(38)36-5-3-19(15-36)14-28(30,31)32)13-22(18)20-12-25(35-6-9-40-10-7-35)26-33-21(4-8-39-2)17-37(26)16-20/h11-13,16-17,19H,3-10,14-15H2,1-2H3,(H,34,38)/t19-/m0/s1. The lowest BCUT2D eigenvalue weighted by Crippen LogP contribution is -2.36. The number of nitrogens with zero attached hydrogens (tertiary/aromatic N) is 4. The lowest BCUT2D eigenvalue weighted by atomic mass is 10.00. The summed E-state index contributed by atoms with van der Waals surface area (Å²) in [6.45, 7) is 5.11. The van der Waals surface area contributed by atoms with Crippen LogP contribution in [0.15, 0.2) is 30.6 Å². The Labute approximate surface area is 229 Å². The third kappa shape index (κ3) is 6.33. The summed E-state index contributed by atoms with van der Waals surface area (Å²) in [5.74, 6) is -1.27. The third-order valence-corrected chi connectivity index (χ3v) is 7.46. The largest absolute Gasteiger partial charge is 0.389 e. The lowest BCUT2D eigenvalue weighted by molar-refractivity contribution is -0.143. The van der Waals surface area contributed by atoms with E-state index >= 15 is 4.39 Å². The van der Waals surface area contributed by atoms with Crippen LogP contribution in [0.25, 0.3) is 16.8 Å². The quantitative estimate of drug-likeness (QED) is 0.396. The predicted molar refractivity (Wildman–Crippen MR) is 143 cm³/mol. The van der Waals surface area contributed by atoms with Gasteiger partial charge in [0.25, 0.3) is 0 Å². The first-order chi connectivity index (χ1) is 19.1. The van der Waals surface area contributed by atoms with Gasteiger partial charge in [-0.3, -0.25) is 0 Å². The van der Waals surface area contributed by atoms with Gasteiger partial charge in [-0.15, -0.1) is 0 Å². The Hall–Kier alpha value is -3.38. The summed E-state index contributed by atoms with van der Waals surface area (Å²) in [6.07, 6.45) is -0.422. The Bertz CT molecular complexity index is 1370. The van der Waals surface area contributed by atoms with E-state index in [2.05, 4.69) is 10.2 Å². The first kappa shape index (κ1) is 28.2. The summed E-state index contributed by atoms with van der Waals surface area (Å²) in [4.78, 5) is 21.2. The van der Waals surface area contributed by atoms with Crippen molar-refractivity contribution in [3.8, 4) is 11.1 Å². The number of methoxy groups -OCH3 is 1. The molecule has 2 saturated heterocycles. The number of carbonyl (C=O) groups is 1. The molecule has 0 spiro atoms. The zero-order valence-corrected chi connectivity index (χ0v) is 22.6. The molecule has 1 atom stereocenters. The molecule has 2 amide bonds. The maximum Gasteiger partial charge on any atom is 0.389 e. The number of morpholine rings is 1. The van der Waals surface area contributed by atoms with Gasteiger partial charge in [-0.2, -0.15) is 13.2 Å². The van der Waals surface area contributed by atoms with Crippen molar-refractivity contribution < 1.29 is 31.8 Å². The molecule has 40 heavy (non-hydrogen) atoms. The number of ether oxygens (including phenoxy) is 2. The van der Waals surface area contributed by atoms with E-state index < -0.39 is 30.4 Å². The summed E-state index contributed by atoms with van der Waals surface area (Å²) < 4.78 is 66.1. The molecule has 0 radical (unpaired) electrons. The summed E-state index contributed by atoms with van der Waals surface area (Å²) in [6, 6.07) is 4.35. The monoisotopic (exact) mass is 563 g/mol. The lowest BCUT2D eigenvalue weighted by Gasteiger charge is -2.29. The van der Waals surface area contributed by atoms with Gasteiger partial charge in [0.2, 0.25) is 0 Å². The minimum Gasteiger partial charge on any atom is -0.384 e. The van der Waals surface area contributed by atoms with Crippen LogP contribution in [0.3, 0.4) is 0 Å². The number of aryl methyl sites for hydroxylation is 1. The van der Waals surface area contributed by atoms with E-state index in [1.54, 1.807) is 20.1 Å². The first-order valence-electron chi connectivity index (χ1n) is 13.4. The first-order valence-corrected chi connectivity index (χ1v) is 13.4. The number of pyridine rings is 1. The van der Waals surface area contributed by atoms with Gasteiger partial charge in [0.1, 0.15) is 5.82 Å². The van der Waals surface area contributed by atoms with Gasteiger partial charge in [0, 0.05) is 64.1 Å². The number of fused-ring (bicyclic) bond motifs is 1. The summed E-state index contributed by atoms with van der Waals surface area (Å²) >= 11 is 0. The number of halogens is 4. The average Bonchev–Trinajstić information content (AvgIpc) is 3.54. The third-order valence-electron chi connectivity index (χ3n) is 7.46. The number of amides is 2. The Morgan fingerprint density at radius 2 is 1.95 bits per heavy atom. The molecule has 1 aromatic carbocycles. The van der Waals surface area contributed by atoms with Crippen molar-refractivity contribution in [1.29, 1.82) is 0 Å². The van der Waals surface area contributed by atoms with E-state index in [1.807, 2.05) is 22.9 Å². The van der Waals surface area contributed by atoms with E-state index in [-0.39, 0.29) is 25.2 Å². The second-order valence-corrected chi connectivity index (χ2v) is 10.4. The smallest absolute Gasteiger partial charge is 0.384 e. The van der Waals surface area contributed by atoms with Crippen molar-refractivity contribution in [2.45, 2.75) is 32.4 Å². The maximum absolute atomic E-state index is 15.0. The number of benzene rings is 1. The molecule has 8 nitrogen and oxygen atoms in total. The Morgan fingerprint density at radius 1 is 1.18 bits per heavy atom. The SMILES string of the molecule is COCCc1cn2cc(-c3cc(NC(=O)N4CC[C@@H](CC(F)(F)F)C4)c(F)cc3C)cc(N3CCOCC3)c2n1. The molecule has 3 aromatic rings. The van der Waals surface area contributed by atoms with Gasteiger partial charge in [-0.05, 0) is 48.6 Å². The number of nitrogens with one attached hydrogen (secondary N) is 1. The molecule has 216 valence electrons. The Kier molecular flexibility index (Phi) is 8.18. The summed E-state index contributed by atoms with van der Waals surface area (Å²) in [5.41, 5.74) is 4.78. The minimum atomic E-state index is -4.28. The molecule has 1 N–H and O–H groups in total. The average molecular weight is 564 g/mol. The fourth-order valence-corrected chi connectivity index (χ4v) is 5.43. The normalized spacial score (nSPS) is 18.1. The van der Waals surface area contributed by atoms with Crippen LogP contribution in [0, 0.1) is 18.7 Å². The molecule has 4 heterocycles. The van der Waals surface area contributed by atoms with Gasteiger partial charge < -0.3 is 29.0 Å². The van der Waals surface area contributed by atoms with Crippen molar-refractivity contribution in [3.63, 3.8) is 0 Å². The molecular formula is C28H33F4N5O3. The number of aromatic nitrogens is 2. The Morgan fingerprint density at radius 3 is 2.67 bits per heavy atom. The van der Waals surface area contributed by atoms with Gasteiger partial charge in [0.15, 0.2) is 5.65 Å². The topological polar surface area (TPSA) is 71.3 Å². The predicted octanol–water partition coefficient (Wildman–Crippen LogP) is 5.28. The second kappa shape index (κ2) is 11.6. The molecule has 2 aliphatic rings. The highest BCUT2D eigenvalue weighted by Crippen LogP contribution is 2.35. The number of likely N-dealkylation sites (tertiary alicyclic amines) is 1. The van der Waals surface area contributed by atoms with E-state index in [1.165, 1.54) is 11.0 Å². The van der Waals surface area contributed by atoms with Gasteiger partial charge in [0.05, 0.1) is 36.9 Å². The molecule has 0 bridgehead atoms. The molecule has 2 aromatic heterocycles. The zero-order chi connectivity index (χ0) is 28.4. The number of imidazole rings is 1. The highest BCUT2D eigenvalue weighted by atomic mass is 19.4. The Balaban J connectivity index is 1.45. The van der Waals surface area contributed by atoms with Crippen LogP contribution < -0.4 is 10.2 Å². The van der Waals surface area contributed by atoms with E-state index in [9.17, 15) is 18.0 Å². The highest BCUT2D eigenvalue weighted by molar-refractivity contribution is 5.91. The van der Waals surface area contributed by atoms with Crippen molar-refractivity contribution in [2.75, 3.05) is 63.3 Å². The van der Waals surface area contributed by atoms with Crippen LogP contribution >= 0.6 is 0 Å². The number of hydrogen-bond donors (Lipinski definition) is 1. The summed E-state index contributed by atoms with van der Waals surface area (Å²) in [7, 11) is 1.64. The number of carbonyl (C=O) groups excluding carboxylic acids is 1. The number of urea groups is 1. The fraction of sp³-hybridized carbons (Fsp3) is 0.500. The molecule has 2 fully saturated rings. The minimum absolute atomic E-state index is 0.0166. The molecular weight excluding hydrogens is 530 g/mol. The van der Waals surface area contributed by atoms with Crippen LogP contribution in [0.5, 0.6) is 0 Å². The van der Waals surface area contributed by atoms with Gasteiger partial charge in [-0.1, -0.05) is 0 Å². The van der Waals surface area contributed by atoms with Gasteiger partial charge in [-0.25, -0.2) is 14.2 Å². The van der Waals surface area contributed by atoms with E-state index in [4.69, 9.17) is 14.5 Å². The van der Waals surface area contributed by atoms with Gasteiger partial charge >= 0.3 is 12.2 Å². The van der Waals surface area contributed by atoms with Crippen LogP contribution in [-0.4, -0.2) is 79.6 Å². The van der Waals surface area contributed by atoms with Crippen molar-refractivity contribution in [2.24, 2.45) is 5.92 Å². The number of rotatable bonds is 7. The highest BCUT2D eigenvalue weighted by Gasteiger charge is 2.36. The fourth-order valence-electron chi connectivity index (χ4n) is 5.43. The molecule has 0 aliphatic carbocycles. The van der Waals surface area contributed by atoms with Crippen LogP contribution in [0.2, 0.25) is 0 Å². The van der Waals surface area contributed by atoms with Crippen LogP contribution in [-0.2, 0) is 15.9 Å². The number of hydrogen-bond acceptors (Lipinski definition) is 5. The second-order valence-electron chi connectivity index (χ2n) is 10.4. The number of alkyl halides is 3. The molecule has 0 saturated carbocycles. The summed E-state index contributed by atoms with van der Waals surface area (Å²) in [5, 5.41) is 2.59. The van der Waals surface area contributed by atoms with Crippen molar-refractivity contribution in [1.82, 2.24) is 14.3 Å². The molecule has 12 heteroatoms. The van der Waals surface area contributed by atoms with Crippen LogP contribution in [0.1, 0.15) is 24.1 Å². The number of anilines is 2. The van der Waals surface area contributed by atoms with Crippen molar-refractivity contribution >= 4 is 23.1 Å². The van der Waals surface area contributed by atoms with Crippen LogP contribution in [0.4, 0.5) is 33.7 Å². The van der Waals surface area contributed by atoms with Crippen molar-refractivity contribution in [3.05, 3.63) is 47.7 Å². The van der Waals surface area contributed by atoms with E-state index in [0.717, 1.165) is 28.2 Å². The molecule has 0 unspecified atom stereocenters. The maximum atomic E-state index is 15.0.